The molecule has 2 heterocycles. The van der Waals surface area contributed by atoms with E-state index in [1.54, 1.807) is 19.0 Å². The van der Waals surface area contributed by atoms with Crippen molar-refractivity contribution in [3.63, 3.8) is 0 Å². The quantitative estimate of drug-likeness (QED) is 0.636. The van der Waals surface area contributed by atoms with E-state index >= 15 is 0 Å². The lowest BCUT2D eigenvalue weighted by atomic mass is 10.1. The Morgan fingerprint density at radius 2 is 2.33 bits per heavy atom. The van der Waals surface area contributed by atoms with Crippen molar-refractivity contribution in [3.8, 4) is 0 Å². The summed E-state index contributed by atoms with van der Waals surface area (Å²) in [6.45, 7) is 1.45. The van der Waals surface area contributed by atoms with Crippen molar-refractivity contribution in [2.75, 3.05) is 20.6 Å². The fourth-order valence-electron chi connectivity index (χ4n) is 1.81. The van der Waals surface area contributed by atoms with Crippen LogP contribution in [0.3, 0.4) is 0 Å². The van der Waals surface area contributed by atoms with Gasteiger partial charge in [-0.15, -0.1) is 0 Å². The third-order valence-electron chi connectivity index (χ3n) is 2.62. The zero-order valence-electron chi connectivity index (χ0n) is 9.10. The van der Waals surface area contributed by atoms with Crippen LogP contribution < -0.4 is 0 Å². The fraction of sp³-hybridized carbons (Fsp3) is 0.455. The van der Waals surface area contributed by atoms with Crippen LogP contribution >= 0.6 is 0 Å². The molecule has 4 nitrogen and oxygen atoms in total. The van der Waals surface area contributed by atoms with Gasteiger partial charge in [0.25, 0.3) is 0 Å². The highest BCUT2D eigenvalue weighted by Crippen LogP contribution is 2.16. The predicted molar refractivity (Wildman–Crippen MR) is 57.4 cm³/mol. The Balaban J connectivity index is 2.15. The molecule has 0 spiro atoms. The predicted octanol–water partition coefficient (Wildman–Crippen LogP) is 1.12. The SMILES string of the molecule is CN(C)C(=O)N1CCc2ncccc2C1. The lowest BCUT2D eigenvalue weighted by Crippen LogP contribution is -2.42. The molecule has 2 amide bonds. The van der Waals surface area contributed by atoms with E-state index in [0.717, 1.165) is 18.7 Å². The van der Waals surface area contributed by atoms with Crippen LogP contribution in [0.4, 0.5) is 4.79 Å². The van der Waals surface area contributed by atoms with E-state index in [-0.39, 0.29) is 6.03 Å². The number of pyridine rings is 1. The van der Waals surface area contributed by atoms with Crippen molar-refractivity contribution in [3.05, 3.63) is 29.6 Å². The van der Waals surface area contributed by atoms with Crippen LogP contribution in [0.2, 0.25) is 0 Å². The molecule has 4 heteroatoms. The molecule has 1 aromatic rings. The molecule has 0 unspecified atom stereocenters. The third-order valence-corrected chi connectivity index (χ3v) is 2.62. The van der Waals surface area contributed by atoms with Crippen LogP contribution in [0.25, 0.3) is 0 Å². The molecule has 0 radical (unpaired) electrons. The van der Waals surface area contributed by atoms with Crippen LogP contribution in [0.1, 0.15) is 11.3 Å². The first-order chi connectivity index (χ1) is 7.18. The molecule has 1 aliphatic rings. The zero-order chi connectivity index (χ0) is 10.8. The smallest absolute Gasteiger partial charge is 0.319 e. The number of amides is 2. The molecular weight excluding hydrogens is 190 g/mol. The van der Waals surface area contributed by atoms with E-state index in [9.17, 15) is 4.79 Å². The maximum absolute atomic E-state index is 11.7. The molecule has 0 bridgehead atoms. The summed E-state index contributed by atoms with van der Waals surface area (Å²) in [6.07, 6.45) is 2.66. The Bertz CT molecular complexity index is 376. The van der Waals surface area contributed by atoms with E-state index in [1.165, 1.54) is 5.56 Å². The molecule has 1 aromatic heterocycles. The number of urea groups is 1. The van der Waals surface area contributed by atoms with Crippen molar-refractivity contribution < 1.29 is 4.79 Å². The van der Waals surface area contributed by atoms with Gasteiger partial charge in [-0.1, -0.05) is 6.07 Å². The average molecular weight is 205 g/mol. The number of aromatic nitrogens is 1. The highest BCUT2D eigenvalue weighted by Gasteiger charge is 2.21. The highest BCUT2D eigenvalue weighted by molar-refractivity contribution is 5.74. The summed E-state index contributed by atoms with van der Waals surface area (Å²) in [7, 11) is 3.56. The Hall–Kier alpha value is -1.58. The van der Waals surface area contributed by atoms with Gasteiger partial charge in [-0.25, -0.2) is 4.79 Å². The molecule has 0 aliphatic carbocycles. The molecule has 0 N–H and O–H groups in total. The topological polar surface area (TPSA) is 36.4 Å². The van der Waals surface area contributed by atoms with E-state index < -0.39 is 0 Å². The van der Waals surface area contributed by atoms with Gasteiger partial charge in [0, 0.05) is 45.5 Å². The Morgan fingerprint density at radius 1 is 1.53 bits per heavy atom. The number of carbonyl (C=O) groups is 1. The monoisotopic (exact) mass is 205 g/mol. The number of hydrogen-bond donors (Lipinski definition) is 0. The molecule has 0 atom stereocenters. The normalized spacial score (nSPS) is 14.7. The van der Waals surface area contributed by atoms with Crippen molar-refractivity contribution >= 4 is 6.03 Å². The van der Waals surface area contributed by atoms with Crippen LogP contribution in [-0.4, -0.2) is 41.5 Å². The van der Waals surface area contributed by atoms with Gasteiger partial charge < -0.3 is 9.80 Å². The maximum atomic E-state index is 11.7. The van der Waals surface area contributed by atoms with Crippen molar-refractivity contribution in [2.45, 2.75) is 13.0 Å². The van der Waals surface area contributed by atoms with Gasteiger partial charge in [-0.3, -0.25) is 4.98 Å². The zero-order valence-corrected chi connectivity index (χ0v) is 9.10. The van der Waals surface area contributed by atoms with Gasteiger partial charge >= 0.3 is 6.03 Å². The summed E-state index contributed by atoms with van der Waals surface area (Å²) in [5.74, 6) is 0. The van der Waals surface area contributed by atoms with Crippen LogP contribution in [0.15, 0.2) is 18.3 Å². The molecule has 0 aromatic carbocycles. The number of rotatable bonds is 0. The largest absolute Gasteiger partial charge is 0.331 e. The van der Waals surface area contributed by atoms with E-state index in [2.05, 4.69) is 4.98 Å². The number of hydrogen-bond acceptors (Lipinski definition) is 2. The van der Waals surface area contributed by atoms with Crippen molar-refractivity contribution in [2.24, 2.45) is 0 Å². The number of fused-ring (bicyclic) bond motifs is 1. The maximum Gasteiger partial charge on any atom is 0.319 e. The molecule has 2 rings (SSSR count). The summed E-state index contributed by atoms with van der Waals surface area (Å²) in [5.41, 5.74) is 2.29. The molecular formula is C11H15N3O. The fourth-order valence-corrected chi connectivity index (χ4v) is 1.81. The molecule has 0 fully saturated rings. The minimum Gasteiger partial charge on any atom is -0.331 e. The second kappa shape index (κ2) is 3.88. The molecule has 0 saturated carbocycles. The first-order valence-corrected chi connectivity index (χ1v) is 5.07. The van der Waals surface area contributed by atoms with Gasteiger partial charge in [-0.2, -0.15) is 0 Å². The molecule has 15 heavy (non-hydrogen) atoms. The summed E-state index contributed by atoms with van der Waals surface area (Å²) in [4.78, 5) is 19.5. The average Bonchev–Trinajstić information content (AvgIpc) is 2.27. The Morgan fingerprint density at radius 3 is 3.07 bits per heavy atom. The van der Waals surface area contributed by atoms with E-state index in [1.807, 2.05) is 23.2 Å². The van der Waals surface area contributed by atoms with Crippen molar-refractivity contribution in [1.82, 2.24) is 14.8 Å². The molecule has 80 valence electrons. The first-order valence-electron chi connectivity index (χ1n) is 5.07. The lowest BCUT2D eigenvalue weighted by Gasteiger charge is -2.30. The van der Waals surface area contributed by atoms with Crippen molar-refractivity contribution in [1.29, 1.82) is 0 Å². The van der Waals surface area contributed by atoms with E-state index in [4.69, 9.17) is 0 Å². The minimum atomic E-state index is 0.0736. The van der Waals surface area contributed by atoms with Gasteiger partial charge in [0.2, 0.25) is 0 Å². The third kappa shape index (κ3) is 1.93. The summed E-state index contributed by atoms with van der Waals surface area (Å²) in [5, 5.41) is 0. The number of nitrogens with zero attached hydrogens (tertiary/aromatic N) is 3. The van der Waals surface area contributed by atoms with Gasteiger partial charge in [0.05, 0.1) is 0 Å². The summed E-state index contributed by atoms with van der Waals surface area (Å²) >= 11 is 0. The number of carbonyl (C=O) groups excluding carboxylic acids is 1. The Labute approximate surface area is 89.5 Å². The minimum absolute atomic E-state index is 0.0736. The first kappa shape index (κ1) is 9.96. The van der Waals surface area contributed by atoms with E-state index in [0.29, 0.717) is 6.54 Å². The summed E-state index contributed by atoms with van der Waals surface area (Å²) in [6, 6.07) is 4.03. The molecule has 1 aliphatic heterocycles. The van der Waals surface area contributed by atoms with Gasteiger partial charge in [0.1, 0.15) is 0 Å². The summed E-state index contributed by atoms with van der Waals surface area (Å²) < 4.78 is 0. The second-order valence-electron chi connectivity index (χ2n) is 3.96. The van der Waals surface area contributed by atoms with Gasteiger partial charge in [0.15, 0.2) is 0 Å². The van der Waals surface area contributed by atoms with Crippen LogP contribution in [0, 0.1) is 0 Å². The second-order valence-corrected chi connectivity index (χ2v) is 3.96. The van der Waals surface area contributed by atoms with Gasteiger partial charge in [-0.05, 0) is 11.6 Å². The lowest BCUT2D eigenvalue weighted by molar-refractivity contribution is 0.165. The molecule has 0 saturated heterocycles. The van der Waals surface area contributed by atoms with Crippen LogP contribution in [0.5, 0.6) is 0 Å². The standard InChI is InChI=1S/C11H15N3O/c1-13(2)11(15)14-7-5-10-9(8-14)4-3-6-12-10/h3-4,6H,5,7-8H2,1-2H3. The Kier molecular flexibility index (Phi) is 2.58. The van der Waals surface area contributed by atoms with Crippen LogP contribution in [-0.2, 0) is 13.0 Å². The highest BCUT2D eigenvalue weighted by atomic mass is 16.2.